The number of nitrogens with zero attached hydrogens (tertiary/aromatic N) is 1. The number of benzene rings is 1. The highest BCUT2D eigenvalue weighted by Gasteiger charge is 2.24. The van der Waals surface area contributed by atoms with Crippen LogP contribution < -0.4 is 5.32 Å². The van der Waals surface area contributed by atoms with Crippen molar-refractivity contribution in [1.29, 1.82) is 0 Å². The van der Waals surface area contributed by atoms with Crippen molar-refractivity contribution >= 4 is 11.5 Å². The van der Waals surface area contributed by atoms with Gasteiger partial charge in [-0.3, -0.25) is 0 Å². The fourth-order valence-corrected chi connectivity index (χ4v) is 3.10. The largest absolute Gasteiger partial charge is 0.494 e. The molecule has 0 atom stereocenters. The summed E-state index contributed by atoms with van der Waals surface area (Å²) in [6.45, 7) is 10.9. The molecule has 20 heavy (non-hydrogen) atoms. The van der Waals surface area contributed by atoms with E-state index in [0.29, 0.717) is 6.61 Å². The van der Waals surface area contributed by atoms with E-state index in [1.54, 1.807) is 0 Å². The van der Waals surface area contributed by atoms with E-state index in [1.807, 2.05) is 6.92 Å². The number of hydrogen-bond donors (Lipinski definition) is 1. The molecule has 0 radical (unpaired) electrons. The lowest BCUT2D eigenvalue weighted by atomic mass is 9.91. The number of rotatable bonds is 3. The summed E-state index contributed by atoms with van der Waals surface area (Å²) in [7, 11) is 0. The molecule has 0 fully saturated rings. The molecule has 1 N–H and O–H groups in total. The van der Waals surface area contributed by atoms with Gasteiger partial charge in [-0.1, -0.05) is 24.8 Å². The monoisotopic (exact) mass is 270 g/mol. The van der Waals surface area contributed by atoms with Crippen molar-refractivity contribution in [1.82, 2.24) is 10.2 Å². The highest BCUT2D eigenvalue weighted by Crippen LogP contribution is 2.33. The first-order chi connectivity index (χ1) is 9.81. The second kappa shape index (κ2) is 5.71. The average molecular weight is 270 g/mol. The van der Waals surface area contributed by atoms with Crippen LogP contribution in [0.25, 0.3) is 11.5 Å². The maximum Gasteiger partial charge on any atom is 0.119 e. The standard InChI is InChI=1S/C17H22N2O/c1-3-20-13(2)14-5-4-6-16-15(14)8-11-19-12-10-18-9-7-17(16)19/h4-7,18H,2-3,8-12H2,1H3. The van der Waals surface area contributed by atoms with Crippen LogP contribution in [0.2, 0.25) is 0 Å². The van der Waals surface area contributed by atoms with Gasteiger partial charge in [-0.25, -0.2) is 0 Å². The van der Waals surface area contributed by atoms with Crippen molar-refractivity contribution in [3.05, 3.63) is 47.5 Å². The van der Waals surface area contributed by atoms with Gasteiger partial charge in [0.05, 0.1) is 6.61 Å². The lowest BCUT2D eigenvalue weighted by Crippen LogP contribution is -2.33. The van der Waals surface area contributed by atoms with Gasteiger partial charge >= 0.3 is 0 Å². The Labute approximate surface area is 120 Å². The molecule has 1 aromatic rings. The summed E-state index contributed by atoms with van der Waals surface area (Å²) in [6.07, 6.45) is 3.37. The van der Waals surface area contributed by atoms with E-state index in [0.717, 1.165) is 38.4 Å². The second-order valence-corrected chi connectivity index (χ2v) is 5.22. The lowest BCUT2D eigenvalue weighted by Gasteiger charge is -2.33. The molecule has 3 heteroatoms. The molecule has 106 valence electrons. The molecule has 0 saturated heterocycles. The van der Waals surface area contributed by atoms with Gasteiger partial charge in [0.25, 0.3) is 0 Å². The van der Waals surface area contributed by atoms with Crippen LogP contribution in [-0.4, -0.2) is 37.7 Å². The first-order valence-electron chi connectivity index (χ1n) is 7.41. The Balaban J connectivity index is 2.02. The van der Waals surface area contributed by atoms with E-state index in [1.165, 1.54) is 22.4 Å². The molecule has 3 rings (SSSR count). The Kier molecular flexibility index (Phi) is 3.79. The summed E-state index contributed by atoms with van der Waals surface area (Å²) in [6, 6.07) is 6.46. The molecule has 3 nitrogen and oxygen atoms in total. The van der Waals surface area contributed by atoms with Crippen LogP contribution in [-0.2, 0) is 11.2 Å². The minimum Gasteiger partial charge on any atom is -0.494 e. The average Bonchev–Trinajstić information content (AvgIpc) is 2.72. The van der Waals surface area contributed by atoms with Gasteiger partial charge in [0.15, 0.2) is 0 Å². The summed E-state index contributed by atoms with van der Waals surface area (Å²) >= 11 is 0. The molecule has 0 unspecified atom stereocenters. The maximum absolute atomic E-state index is 5.61. The first kappa shape index (κ1) is 13.3. The Bertz CT molecular complexity index is 548. The zero-order valence-electron chi connectivity index (χ0n) is 12.1. The predicted molar refractivity (Wildman–Crippen MR) is 83.2 cm³/mol. The van der Waals surface area contributed by atoms with Gasteiger partial charge < -0.3 is 15.0 Å². The minimum absolute atomic E-state index is 0.668. The Morgan fingerprint density at radius 2 is 2.30 bits per heavy atom. The van der Waals surface area contributed by atoms with E-state index < -0.39 is 0 Å². The Hall–Kier alpha value is -1.74. The van der Waals surface area contributed by atoms with Crippen LogP contribution in [0.15, 0.2) is 30.9 Å². The van der Waals surface area contributed by atoms with Gasteiger partial charge in [-0.05, 0) is 25.0 Å². The molecule has 2 heterocycles. The number of ether oxygens (including phenoxy) is 1. The normalized spacial score (nSPS) is 17.6. The van der Waals surface area contributed by atoms with Crippen molar-refractivity contribution in [2.45, 2.75) is 13.3 Å². The molecule has 0 saturated carbocycles. The summed E-state index contributed by atoms with van der Waals surface area (Å²) in [5.74, 6) is 0.796. The molecule has 0 amide bonds. The van der Waals surface area contributed by atoms with Crippen molar-refractivity contribution in [2.75, 3.05) is 32.8 Å². The highest BCUT2D eigenvalue weighted by molar-refractivity contribution is 5.75. The SMILES string of the molecule is C=C(OCC)c1cccc2c1CCN1CCNCC=C21. The number of nitrogens with one attached hydrogen (secondary N) is 1. The van der Waals surface area contributed by atoms with E-state index in [9.17, 15) is 0 Å². The Morgan fingerprint density at radius 3 is 3.15 bits per heavy atom. The van der Waals surface area contributed by atoms with Gasteiger partial charge in [0, 0.05) is 43.0 Å². The second-order valence-electron chi connectivity index (χ2n) is 5.22. The van der Waals surface area contributed by atoms with Crippen molar-refractivity contribution < 1.29 is 4.74 Å². The smallest absolute Gasteiger partial charge is 0.119 e. The zero-order valence-corrected chi connectivity index (χ0v) is 12.1. The molecular weight excluding hydrogens is 248 g/mol. The fourth-order valence-electron chi connectivity index (χ4n) is 3.10. The van der Waals surface area contributed by atoms with Crippen LogP contribution in [0.1, 0.15) is 23.6 Å². The Morgan fingerprint density at radius 1 is 1.40 bits per heavy atom. The molecule has 0 aliphatic carbocycles. The summed E-state index contributed by atoms with van der Waals surface area (Å²) in [4.78, 5) is 2.48. The molecule has 1 aromatic carbocycles. The van der Waals surface area contributed by atoms with E-state index in [2.05, 4.69) is 41.1 Å². The minimum atomic E-state index is 0.668. The van der Waals surface area contributed by atoms with Gasteiger partial charge in [-0.2, -0.15) is 0 Å². The van der Waals surface area contributed by atoms with E-state index in [4.69, 9.17) is 4.74 Å². The number of hydrogen-bond acceptors (Lipinski definition) is 3. The van der Waals surface area contributed by atoms with Crippen LogP contribution in [0.5, 0.6) is 0 Å². The summed E-state index contributed by atoms with van der Waals surface area (Å²) < 4.78 is 5.61. The zero-order chi connectivity index (χ0) is 13.9. The topological polar surface area (TPSA) is 24.5 Å². The van der Waals surface area contributed by atoms with Gasteiger partial charge in [-0.15, -0.1) is 0 Å². The van der Waals surface area contributed by atoms with E-state index >= 15 is 0 Å². The molecule has 0 spiro atoms. The third-order valence-corrected chi connectivity index (χ3v) is 4.04. The van der Waals surface area contributed by atoms with Crippen LogP contribution in [0.3, 0.4) is 0 Å². The third-order valence-electron chi connectivity index (χ3n) is 4.04. The van der Waals surface area contributed by atoms with Crippen molar-refractivity contribution in [3.63, 3.8) is 0 Å². The molecule has 0 aromatic heterocycles. The third kappa shape index (κ3) is 2.34. The van der Waals surface area contributed by atoms with Crippen LogP contribution in [0, 0.1) is 0 Å². The maximum atomic E-state index is 5.61. The van der Waals surface area contributed by atoms with Gasteiger partial charge in [0.2, 0.25) is 0 Å². The summed E-state index contributed by atoms with van der Waals surface area (Å²) in [5, 5.41) is 3.43. The highest BCUT2D eigenvalue weighted by atomic mass is 16.5. The quantitative estimate of drug-likeness (QED) is 0.854. The van der Waals surface area contributed by atoms with Gasteiger partial charge in [0.1, 0.15) is 5.76 Å². The van der Waals surface area contributed by atoms with Crippen molar-refractivity contribution in [2.24, 2.45) is 0 Å². The van der Waals surface area contributed by atoms with Crippen molar-refractivity contribution in [3.8, 4) is 0 Å². The van der Waals surface area contributed by atoms with Crippen LogP contribution >= 0.6 is 0 Å². The first-order valence-corrected chi connectivity index (χ1v) is 7.41. The number of fused-ring (bicyclic) bond motifs is 3. The van der Waals surface area contributed by atoms with Crippen LogP contribution in [0.4, 0.5) is 0 Å². The fraction of sp³-hybridized carbons (Fsp3) is 0.412. The van der Waals surface area contributed by atoms with E-state index in [-0.39, 0.29) is 0 Å². The predicted octanol–water partition coefficient (Wildman–Crippen LogP) is 2.50. The molecule has 0 bridgehead atoms. The summed E-state index contributed by atoms with van der Waals surface area (Å²) in [5.41, 5.74) is 5.26. The lowest BCUT2D eigenvalue weighted by molar-refractivity contribution is 0.298. The molecule has 2 aliphatic heterocycles. The molecule has 2 aliphatic rings. The molecular formula is C17H22N2O.